The molecule has 3 heteroatoms. The molecule has 2 rings (SSSR count). The van der Waals surface area contributed by atoms with Gasteiger partial charge >= 0.3 is 0 Å². The van der Waals surface area contributed by atoms with E-state index >= 15 is 0 Å². The van der Waals surface area contributed by atoms with E-state index in [0.29, 0.717) is 0 Å². The third-order valence-electron chi connectivity index (χ3n) is 3.26. The minimum Gasteiger partial charge on any atom is -0.310 e. The molecule has 1 aromatic rings. The second-order valence-electron chi connectivity index (χ2n) is 4.41. The molecule has 0 radical (unpaired) electrons. The Labute approximate surface area is 116 Å². The average molecular weight is 315 g/mol. The van der Waals surface area contributed by atoms with E-state index in [1.54, 1.807) is 0 Å². The van der Waals surface area contributed by atoms with Crippen LogP contribution in [0.25, 0.3) is 0 Å². The fraction of sp³-hybridized carbons (Fsp3) is 0.429. The van der Waals surface area contributed by atoms with Gasteiger partial charge in [-0.1, -0.05) is 45.2 Å². The number of likely N-dealkylation sites (N-methyl/N-ethyl adjacent to an activating group) is 1. The lowest BCUT2D eigenvalue weighted by Crippen LogP contribution is -2.20. The molecule has 0 amide bonds. The van der Waals surface area contributed by atoms with Crippen LogP contribution in [0.3, 0.4) is 0 Å². The van der Waals surface area contributed by atoms with Crippen molar-refractivity contribution in [2.24, 2.45) is 0 Å². The van der Waals surface area contributed by atoms with Crippen molar-refractivity contribution in [3.05, 3.63) is 44.9 Å². The van der Waals surface area contributed by atoms with E-state index in [-0.39, 0.29) is 6.04 Å². The maximum atomic E-state index is 6.33. The summed E-state index contributed by atoms with van der Waals surface area (Å²) in [4.78, 5) is 0. The summed E-state index contributed by atoms with van der Waals surface area (Å²) in [6.07, 6.45) is 7.34. The van der Waals surface area contributed by atoms with Crippen LogP contribution in [0, 0.1) is 0 Å². The highest BCUT2D eigenvalue weighted by atomic mass is 79.9. The van der Waals surface area contributed by atoms with Crippen LogP contribution < -0.4 is 5.32 Å². The number of allylic oxidation sites excluding steroid dienone is 1. The van der Waals surface area contributed by atoms with Gasteiger partial charge in [-0.3, -0.25) is 0 Å². The first-order valence-electron chi connectivity index (χ1n) is 6.03. The maximum absolute atomic E-state index is 6.33. The van der Waals surface area contributed by atoms with Gasteiger partial charge in [0.15, 0.2) is 0 Å². The van der Waals surface area contributed by atoms with Crippen LogP contribution in [0.4, 0.5) is 0 Å². The number of benzene rings is 1. The Kier molecular flexibility index (Phi) is 4.66. The zero-order valence-electron chi connectivity index (χ0n) is 9.97. The van der Waals surface area contributed by atoms with Crippen LogP contribution in [0.15, 0.2) is 34.3 Å². The SMILES string of the molecule is CNC(C1=CCCCC1)c1ccc(Br)cc1Cl. The summed E-state index contributed by atoms with van der Waals surface area (Å²) < 4.78 is 1.03. The van der Waals surface area contributed by atoms with Gasteiger partial charge in [-0.05, 0) is 50.4 Å². The van der Waals surface area contributed by atoms with Crippen molar-refractivity contribution in [2.45, 2.75) is 31.7 Å². The third-order valence-corrected chi connectivity index (χ3v) is 4.08. The molecule has 1 unspecified atom stereocenters. The Morgan fingerprint density at radius 2 is 2.18 bits per heavy atom. The van der Waals surface area contributed by atoms with E-state index in [4.69, 9.17) is 11.6 Å². The average Bonchev–Trinajstić information content (AvgIpc) is 2.34. The Hall–Kier alpha value is -0.310. The van der Waals surface area contributed by atoms with Gasteiger partial charge in [0.25, 0.3) is 0 Å². The van der Waals surface area contributed by atoms with Gasteiger partial charge in [0, 0.05) is 9.50 Å². The van der Waals surface area contributed by atoms with Crippen LogP contribution in [-0.4, -0.2) is 7.05 Å². The summed E-state index contributed by atoms with van der Waals surface area (Å²) in [5, 5.41) is 4.20. The van der Waals surface area contributed by atoms with Crippen molar-refractivity contribution in [2.75, 3.05) is 7.05 Å². The molecule has 1 aliphatic carbocycles. The highest BCUT2D eigenvalue weighted by molar-refractivity contribution is 9.10. The minimum absolute atomic E-state index is 0.260. The Morgan fingerprint density at radius 1 is 1.35 bits per heavy atom. The summed E-state index contributed by atoms with van der Waals surface area (Å²) in [5.74, 6) is 0. The zero-order valence-corrected chi connectivity index (χ0v) is 12.3. The summed E-state index contributed by atoms with van der Waals surface area (Å²) in [7, 11) is 2.00. The molecule has 0 heterocycles. The smallest absolute Gasteiger partial charge is 0.0548 e. The van der Waals surface area contributed by atoms with Gasteiger partial charge in [-0.25, -0.2) is 0 Å². The van der Waals surface area contributed by atoms with E-state index in [0.717, 1.165) is 9.50 Å². The first kappa shape index (κ1) is 13.1. The first-order valence-corrected chi connectivity index (χ1v) is 7.20. The fourth-order valence-electron chi connectivity index (χ4n) is 2.40. The number of hydrogen-bond acceptors (Lipinski definition) is 1. The van der Waals surface area contributed by atoms with Crippen molar-refractivity contribution in [1.82, 2.24) is 5.32 Å². The van der Waals surface area contributed by atoms with E-state index < -0.39 is 0 Å². The Bertz CT molecular complexity index is 428. The molecule has 0 aliphatic heterocycles. The third kappa shape index (κ3) is 3.12. The minimum atomic E-state index is 0.260. The summed E-state index contributed by atoms with van der Waals surface area (Å²) >= 11 is 9.77. The molecular formula is C14H17BrClN. The molecule has 1 atom stereocenters. The largest absolute Gasteiger partial charge is 0.310 e. The van der Waals surface area contributed by atoms with Crippen molar-refractivity contribution >= 4 is 27.5 Å². The molecule has 1 aromatic carbocycles. The van der Waals surface area contributed by atoms with Gasteiger partial charge in [0.05, 0.1) is 6.04 Å². The molecule has 0 saturated carbocycles. The van der Waals surface area contributed by atoms with E-state index in [1.165, 1.54) is 36.8 Å². The Balaban J connectivity index is 2.31. The van der Waals surface area contributed by atoms with E-state index in [1.807, 2.05) is 13.1 Å². The number of rotatable bonds is 3. The lowest BCUT2D eigenvalue weighted by molar-refractivity contribution is 0.593. The summed E-state index contributed by atoms with van der Waals surface area (Å²) in [5.41, 5.74) is 2.65. The lowest BCUT2D eigenvalue weighted by atomic mass is 9.90. The van der Waals surface area contributed by atoms with Gasteiger partial charge in [-0.2, -0.15) is 0 Å². The van der Waals surface area contributed by atoms with Crippen LogP contribution >= 0.6 is 27.5 Å². The summed E-state index contributed by atoms with van der Waals surface area (Å²) in [6.45, 7) is 0. The van der Waals surface area contributed by atoms with E-state index in [2.05, 4.69) is 39.5 Å². The highest BCUT2D eigenvalue weighted by Crippen LogP contribution is 2.34. The first-order chi connectivity index (χ1) is 8.22. The van der Waals surface area contributed by atoms with Crippen LogP contribution in [0.1, 0.15) is 37.3 Å². The monoisotopic (exact) mass is 313 g/mol. The van der Waals surface area contributed by atoms with Crippen molar-refractivity contribution in [3.63, 3.8) is 0 Å². The zero-order chi connectivity index (χ0) is 12.3. The van der Waals surface area contributed by atoms with Crippen LogP contribution in [0.5, 0.6) is 0 Å². The van der Waals surface area contributed by atoms with Gasteiger partial charge in [0.1, 0.15) is 0 Å². The van der Waals surface area contributed by atoms with Crippen LogP contribution in [0.2, 0.25) is 5.02 Å². The lowest BCUT2D eigenvalue weighted by Gasteiger charge is -2.24. The molecule has 1 aliphatic rings. The molecule has 0 aromatic heterocycles. The second kappa shape index (κ2) is 6.03. The number of nitrogens with one attached hydrogen (secondary N) is 1. The highest BCUT2D eigenvalue weighted by Gasteiger charge is 2.18. The molecule has 0 spiro atoms. The molecule has 0 saturated heterocycles. The van der Waals surface area contributed by atoms with Crippen molar-refractivity contribution in [3.8, 4) is 0 Å². The Morgan fingerprint density at radius 3 is 2.76 bits per heavy atom. The molecule has 0 fully saturated rings. The molecule has 92 valence electrons. The van der Waals surface area contributed by atoms with Gasteiger partial charge in [0.2, 0.25) is 0 Å². The summed E-state index contributed by atoms with van der Waals surface area (Å²) in [6, 6.07) is 6.37. The molecule has 17 heavy (non-hydrogen) atoms. The predicted molar refractivity (Wildman–Crippen MR) is 77.5 cm³/mol. The molecule has 1 N–H and O–H groups in total. The standard InChI is InChI=1S/C14H17BrClN/c1-17-14(10-5-3-2-4-6-10)12-8-7-11(15)9-13(12)16/h5,7-9,14,17H,2-4,6H2,1H3. The normalized spacial score (nSPS) is 17.7. The van der Waals surface area contributed by atoms with E-state index in [9.17, 15) is 0 Å². The number of hydrogen-bond donors (Lipinski definition) is 1. The second-order valence-corrected chi connectivity index (χ2v) is 5.74. The predicted octanol–water partition coefficient (Wildman–Crippen LogP) is 4.86. The van der Waals surface area contributed by atoms with Crippen molar-refractivity contribution in [1.29, 1.82) is 0 Å². The van der Waals surface area contributed by atoms with Crippen molar-refractivity contribution < 1.29 is 0 Å². The van der Waals surface area contributed by atoms with Gasteiger partial charge in [-0.15, -0.1) is 0 Å². The quantitative estimate of drug-likeness (QED) is 0.785. The van der Waals surface area contributed by atoms with Gasteiger partial charge < -0.3 is 5.32 Å². The molecule has 0 bridgehead atoms. The van der Waals surface area contributed by atoms with Crippen LogP contribution in [-0.2, 0) is 0 Å². The maximum Gasteiger partial charge on any atom is 0.0548 e. The molecular weight excluding hydrogens is 298 g/mol. The molecule has 1 nitrogen and oxygen atoms in total. The topological polar surface area (TPSA) is 12.0 Å². The number of halogens is 2. The fourth-order valence-corrected chi connectivity index (χ4v) is 3.18.